The van der Waals surface area contributed by atoms with Crippen molar-refractivity contribution in [3.63, 3.8) is 0 Å². The largest absolute Gasteiger partial charge is 0.444 e. The van der Waals surface area contributed by atoms with E-state index < -0.39 is 23.2 Å². The van der Waals surface area contributed by atoms with Gasteiger partial charge in [-0.3, -0.25) is 14.6 Å². The highest BCUT2D eigenvalue weighted by molar-refractivity contribution is 6.30. The number of ether oxygens (including phenoxy) is 1. The van der Waals surface area contributed by atoms with Gasteiger partial charge in [-0.05, 0) is 88.3 Å². The van der Waals surface area contributed by atoms with Gasteiger partial charge in [0.1, 0.15) is 11.2 Å². The number of halogens is 1. The Kier molecular flexibility index (Phi) is 8.16. The Labute approximate surface area is 226 Å². The number of nitrogens with zero attached hydrogens (tertiary/aromatic N) is 3. The minimum absolute atomic E-state index is 0.0741. The van der Waals surface area contributed by atoms with Crippen LogP contribution in [0.1, 0.15) is 74.5 Å². The molecule has 1 aromatic carbocycles. The number of primary amides is 1. The fraction of sp³-hybridized carbons (Fsp3) is 0.393. The lowest BCUT2D eigenvalue weighted by atomic mass is 9.79. The van der Waals surface area contributed by atoms with Crippen molar-refractivity contribution in [2.75, 3.05) is 0 Å². The van der Waals surface area contributed by atoms with Gasteiger partial charge in [0.05, 0.1) is 17.8 Å². The number of nitrogens with one attached hydrogen (secondary N) is 1. The first-order valence-electron chi connectivity index (χ1n) is 12.6. The molecule has 0 saturated heterocycles. The first kappa shape index (κ1) is 27.3. The molecule has 1 saturated carbocycles. The first-order valence-corrected chi connectivity index (χ1v) is 13.0. The highest BCUT2D eigenvalue weighted by Gasteiger charge is 2.33. The number of benzene rings is 1. The van der Waals surface area contributed by atoms with E-state index in [1.165, 1.54) is 10.7 Å². The van der Waals surface area contributed by atoms with Crippen LogP contribution in [0.2, 0.25) is 5.02 Å². The average Bonchev–Trinajstić information content (AvgIpc) is 2.87. The molecule has 0 radical (unpaired) electrons. The molecular formula is C28H32ClN5O4. The van der Waals surface area contributed by atoms with Crippen LogP contribution in [-0.4, -0.2) is 32.4 Å². The van der Waals surface area contributed by atoms with Crippen LogP contribution in [0.5, 0.6) is 0 Å². The second-order valence-corrected chi connectivity index (χ2v) is 11.0. The molecule has 3 N–H and O–H groups in total. The van der Waals surface area contributed by atoms with Crippen molar-refractivity contribution in [3.05, 3.63) is 81.4 Å². The summed E-state index contributed by atoms with van der Waals surface area (Å²) in [5.41, 5.74) is 6.30. The van der Waals surface area contributed by atoms with Gasteiger partial charge in [0, 0.05) is 23.0 Å². The van der Waals surface area contributed by atoms with E-state index in [0.29, 0.717) is 42.0 Å². The predicted octanol–water partition coefficient (Wildman–Crippen LogP) is 5.05. The van der Waals surface area contributed by atoms with Crippen molar-refractivity contribution >= 4 is 23.6 Å². The Morgan fingerprint density at radius 3 is 2.47 bits per heavy atom. The quantitative estimate of drug-likeness (QED) is 0.452. The van der Waals surface area contributed by atoms with Crippen molar-refractivity contribution in [3.8, 4) is 11.3 Å². The number of aromatic nitrogens is 3. The third-order valence-corrected chi connectivity index (χ3v) is 6.83. The number of nitrogens with two attached hydrogens (primary N) is 1. The highest BCUT2D eigenvalue weighted by Crippen LogP contribution is 2.39. The number of alkyl carbamates (subject to hydrolysis) is 1. The molecule has 3 aromatic rings. The summed E-state index contributed by atoms with van der Waals surface area (Å²) in [7, 11) is 0. The van der Waals surface area contributed by atoms with E-state index in [1.807, 2.05) is 45.0 Å². The van der Waals surface area contributed by atoms with Crippen LogP contribution in [0, 0.1) is 5.92 Å². The molecule has 10 heteroatoms. The standard InChI is InChI=1S/C28H32ClN5O4/c1-28(2,3)38-27(37)32-24(18-6-4-8-20(29)14-18)17-9-11-21(12-10-17)34-26(36)22(25(30)35)15-23(33-34)19-7-5-13-31-16-19/h4-8,13-17,21,24H,9-12H2,1-3H3,(H2,30,35)(H,32,37). The summed E-state index contributed by atoms with van der Waals surface area (Å²) < 4.78 is 6.90. The molecule has 0 aliphatic heterocycles. The molecule has 200 valence electrons. The minimum atomic E-state index is -0.799. The van der Waals surface area contributed by atoms with Gasteiger partial charge >= 0.3 is 6.09 Å². The smallest absolute Gasteiger partial charge is 0.408 e. The van der Waals surface area contributed by atoms with Gasteiger partial charge in [0.15, 0.2) is 0 Å². The number of hydrogen-bond acceptors (Lipinski definition) is 6. The van der Waals surface area contributed by atoms with Gasteiger partial charge in [-0.1, -0.05) is 23.7 Å². The molecule has 2 heterocycles. The summed E-state index contributed by atoms with van der Waals surface area (Å²) in [5.74, 6) is -0.724. The molecule has 0 spiro atoms. The number of rotatable bonds is 6. The zero-order valence-electron chi connectivity index (χ0n) is 21.7. The number of carbonyl (C=O) groups excluding carboxylic acids is 2. The second kappa shape index (κ2) is 11.3. The molecule has 1 aliphatic rings. The molecule has 1 atom stereocenters. The normalized spacial score (nSPS) is 18.4. The lowest BCUT2D eigenvalue weighted by Gasteiger charge is -2.35. The third kappa shape index (κ3) is 6.58. The number of hydrogen-bond donors (Lipinski definition) is 2. The van der Waals surface area contributed by atoms with Crippen LogP contribution in [0.25, 0.3) is 11.3 Å². The Morgan fingerprint density at radius 1 is 1.13 bits per heavy atom. The minimum Gasteiger partial charge on any atom is -0.444 e. The molecule has 2 aromatic heterocycles. The maximum absolute atomic E-state index is 13.1. The van der Waals surface area contributed by atoms with E-state index in [2.05, 4.69) is 15.4 Å². The number of amides is 2. The second-order valence-electron chi connectivity index (χ2n) is 10.5. The van der Waals surface area contributed by atoms with E-state index in [4.69, 9.17) is 22.1 Å². The molecule has 38 heavy (non-hydrogen) atoms. The van der Waals surface area contributed by atoms with Crippen molar-refractivity contribution in [1.29, 1.82) is 0 Å². The molecule has 1 aliphatic carbocycles. The maximum atomic E-state index is 13.1. The van der Waals surface area contributed by atoms with Gasteiger partial charge in [0.25, 0.3) is 11.5 Å². The van der Waals surface area contributed by atoms with Crippen LogP contribution in [-0.2, 0) is 4.74 Å². The summed E-state index contributed by atoms with van der Waals surface area (Å²) in [6.07, 6.45) is 5.41. The molecule has 4 rings (SSSR count). The average molecular weight is 538 g/mol. The monoisotopic (exact) mass is 537 g/mol. The molecule has 2 amide bonds. The van der Waals surface area contributed by atoms with Crippen LogP contribution >= 0.6 is 11.6 Å². The zero-order chi connectivity index (χ0) is 27.4. The Bertz CT molecular complexity index is 1360. The molecule has 0 bridgehead atoms. The Hall–Kier alpha value is -3.72. The Morgan fingerprint density at radius 2 is 1.87 bits per heavy atom. The van der Waals surface area contributed by atoms with Crippen molar-refractivity contribution < 1.29 is 14.3 Å². The topological polar surface area (TPSA) is 129 Å². The van der Waals surface area contributed by atoms with E-state index in [1.54, 1.807) is 24.5 Å². The van der Waals surface area contributed by atoms with Gasteiger partial charge in [-0.2, -0.15) is 5.10 Å². The maximum Gasteiger partial charge on any atom is 0.408 e. The summed E-state index contributed by atoms with van der Waals surface area (Å²) in [4.78, 5) is 42.0. The zero-order valence-corrected chi connectivity index (χ0v) is 22.4. The first-order chi connectivity index (χ1) is 18.0. The lowest BCUT2D eigenvalue weighted by Crippen LogP contribution is -2.40. The number of carbonyl (C=O) groups is 2. The summed E-state index contributed by atoms with van der Waals surface area (Å²) >= 11 is 6.26. The molecule has 9 nitrogen and oxygen atoms in total. The molecule has 1 unspecified atom stereocenters. The third-order valence-electron chi connectivity index (χ3n) is 6.60. The molecular weight excluding hydrogens is 506 g/mol. The van der Waals surface area contributed by atoms with Crippen LogP contribution in [0.3, 0.4) is 0 Å². The van der Waals surface area contributed by atoms with E-state index in [9.17, 15) is 14.4 Å². The van der Waals surface area contributed by atoms with Crippen LogP contribution in [0.4, 0.5) is 4.79 Å². The summed E-state index contributed by atoms with van der Waals surface area (Å²) in [6.45, 7) is 5.45. The molecule has 1 fully saturated rings. The van der Waals surface area contributed by atoms with Gasteiger partial charge < -0.3 is 15.8 Å². The van der Waals surface area contributed by atoms with Gasteiger partial charge in [-0.25, -0.2) is 9.48 Å². The Balaban J connectivity index is 1.59. The fourth-order valence-electron chi connectivity index (χ4n) is 4.88. The van der Waals surface area contributed by atoms with Crippen molar-refractivity contribution in [2.45, 2.75) is 64.1 Å². The summed E-state index contributed by atoms with van der Waals surface area (Å²) in [5, 5.41) is 8.20. The van der Waals surface area contributed by atoms with Gasteiger partial charge in [-0.15, -0.1) is 0 Å². The van der Waals surface area contributed by atoms with Crippen LogP contribution in [0.15, 0.2) is 59.7 Å². The van der Waals surface area contributed by atoms with Crippen LogP contribution < -0.4 is 16.6 Å². The van der Waals surface area contributed by atoms with E-state index in [-0.39, 0.29) is 23.6 Å². The van der Waals surface area contributed by atoms with Gasteiger partial charge in [0.2, 0.25) is 0 Å². The predicted molar refractivity (Wildman–Crippen MR) is 145 cm³/mol. The van der Waals surface area contributed by atoms with E-state index in [0.717, 1.165) is 5.56 Å². The summed E-state index contributed by atoms with van der Waals surface area (Å²) in [6, 6.07) is 11.9. The SMILES string of the molecule is CC(C)(C)OC(=O)NC(c1cccc(Cl)c1)C1CCC(n2nc(-c3cccnc3)cc(C(N)=O)c2=O)CC1. The fourth-order valence-corrected chi connectivity index (χ4v) is 5.08. The highest BCUT2D eigenvalue weighted by atomic mass is 35.5. The number of pyridine rings is 1. The van der Waals surface area contributed by atoms with E-state index >= 15 is 0 Å². The lowest BCUT2D eigenvalue weighted by molar-refractivity contribution is 0.0471. The van der Waals surface area contributed by atoms with Crippen molar-refractivity contribution in [2.24, 2.45) is 11.7 Å². The van der Waals surface area contributed by atoms with Crippen molar-refractivity contribution in [1.82, 2.24) is 20.1 Å².